The minimum atomic E-state index is -0.379. The number of hydrogen-bond acceptors (Lipinski definition) is 3. The van der Waals surface area contributed by atoms with Crippen LogP contribution in [0.4, 0.5) is 4.39 Å². The zero-order valence-corrected chi connectivity index (χ0v) is 11.5. The fourth-order valence-electron chi connectivity index (χ4n) is 2.18. The van der Waals surface area contributed by atoms with Crippen LogP contribution in [0.25, 0.3) is 11.3 Å². The molecule has 1 aliphatic heterocycles. The Balaban J connectivity index is 1.72. The second kappa shape index (κ2) is 6.16. The van der Waals surface area contributed by atoms with E-state index >= 15 is 0 Å². The van der Waals surface area contributed by atoms with Gasteiger partial charge in [-0.3, -0.25) is 4.98 Å². The van der Waals surface area contributed by atoms with Gasteiger partial charge in [-0.2, -0.15) is 0 Å². The molecule has 0 amide bonds. The van der Waals surface area contributed by atoms with E-state index in [1.165, 1.54) is 12.1 Å². The lowest BCUT2D eigenvalue weighted by Gasteiger charge is -2.27. The zero-order valence-electron chi connectivity index (χ0n) is 11.5. The van der Waals surface area contributed by atoms with E-state index in [1.54, 1.807) is 18.3 Å². The summed E-state index contributed by atoms with van der Waals surface area (Å²) >= 11 is 0. The molecule has 21 heavy (non-hydrogen) atoms. The van der Waals surface area contributed by atoms with Crippen molar-refractivity contribution < 1.29 is 13.9 Å². The Morgan fingerprint density at radius 1 is 1.10 bits per heavy atom. The molecule has 0 radical (unpaired) electrons. The molecular formula is C17H16FNO2. The van der Waals surface area contributed by atoms with Crippen molar-refractivity contribution >= 4 is 0 Å². The highest BCUT2D eigenvalue weighted by Crippen LogP contribution is 2.26. The van der Waals surface area contributed by atoms with Gasteiger partial charge in [-0.15, -0.1) is 6.58 Å². The lowest BCUT2D eigenvalue weighted by atomic mass is 10.1. The number of aromatic nitrogens is 1. The molecule has 2 heterocycles. The molecule has 1 fully saturated rings. The van der Waals surface area contributed by atoms with Crippen LogP contribution < -0.4 is 0 Å². The first-order valence-electron chi connectivity index (χ1n) is 6.84. The fourth-order valence-corrected chi connectivity index (χ4v) is 2.18. The first kappa shape index (κ1) is 13.9. The van der Waals surface area contributed by atoms with E-state index in [0.29, 0.717) is 13.2 Å². The topological polar surface area (TPSA) is 31.4 Å². The van der Waals surface area contributed by atoms with Crippen LogP contribution >= 0.6 is 0 Å². The van der Waals surface area contributed by atoms with Crippen molar-refractivity contribution in [3.8, 4) is 11.3 Å². The lowest BCUT2D eigenvalue weighted by molar-refractivity contribution is -0.197. The van der Waals surface area contributed by atoms with E-state index in [9.17, 15) is 4.39 Å². The Bertz CT molecular complexity index is 602. The molecule has 1 aromatic heterocycles. The number of hydrogen-bond donors (Lipinski definition) is 0. The molecule has 0 saturated carbocycles. The molecule has 0 N–H and O–H groups in total. The average Bonchev–Trinajstić information content (AvgIpc) is 2.56. The van der Waals surface area contributed by atoms with Crippen molar-refractivity contribution in [2.75, 3.05) is 13.2 Å². The van der Waals surface area contributed by atoms with Gasteiger partial charge in [0.05, 0.1) is 18.9 Å². The highest BCUT2D eigenvalue weighted by molar-refractivity contribution is 5.58. The minimum Gasteiger partial charge on any atom is -0.348 e. The third-order valence-corrected chi connectivity index (χ3v) is 3.46. The first-order valence-corrected chi connectivity index (χ1v) is 6.84. The molecule has 1 aromatic carbocycles. The maximum Gasteiger partial charge on any atom is 0.185 e. The Kier molecular flexibility index (Phi) is 4.08. The number of halogens is 1. The molecule has 0 bridgehead atoms. The average molecular weight is 285 g/mol. The summed E-state index contributed by atoms with van der Waals surface area (Å²) in [4.78, 5) is 4.39. The highest BCUT2D eigenvalue weighted by atomic mass is 19.1. The Morgan fingerprint density at radius 3 is 2.38 bits per heavy atom. The van der Waals surface area contributed by atoms with Crippen LogP contribution in [0.5, 0.6) is 0 Å². The van der Waals surface area contributed by atoms with Crippen molar-refractivity contribution in [2.24, 2.45) is 5.92 Å². The smallest absolute Gasteiger partial charge is 0.185 e. The third-order valence-electron chi connectivity index (χ3n) is 3.46. The zero-order chi connectivity index (χ0) is 14.7. The monoisotopic (exact) mass is 285 g/mol. The van der Waals surface area contributed by atoms with Gasteiger partial charge in [-0.1, -0.05) is 12.1 Å². The summed E-state index contributed by atoms with van der Waals surface area (Å²) in [5.74, 6) is -0.0103. The van der Waals surface area contributed by atoms with Crippen LogP contribution in [-0.2, 0) is 9.47 Å². The summed E-state index contributed by atoms with van der Waals surface area (Å²) in [5.41, 5.74) is 2.54. The molecule has 1 saturated heterocycles. The number of rotatable bonds is 3. The summed E-state index contributed by atoms with van der Waals surface area (Å²) in [6, 6.07) is 10.1. The first-order chi connectivity index (χ1) is 10.3. The van der Waals surface area contributed by atoms with Crippen LogP contribution in [0.1, 0.15) is 11.9 Å². The van der Waals surface area contributed by atoms with E-state index in [4.69, 9.17) is 9.47 Å². The van der Waals surface area contributed by atoms with Gasteiger partial charge in [-0.25, -0.2) is 4.39 Å². The maximum atomic E-state index is 12.9. The van der Waals surface area contributed by atoms with Gasteiger partial charge in [0.25, 0.3) is 0 Å². The molecule has 1 aliphatic rings. The van der Waals surface area contributed by atoms with Crippen molar-refractivity contribution in [1.29, 1.82) is 0 Å². The van der Waals surface area contributed by atoms with Crippen molar-refractivity contribution in [3.63, 3.8) is 0 Å². The molecule has 0 unspecified atom stereocenters. The summed E-state index contributed by atoms with van der Waals surface area (Å²) in [6.07, 6.45) is 3.19. The third kappa shape index (κ3) is 3.17. The minimum absolute atomic E-state index is 0.243. The number of nitrogens with zero attached hydrogens (tertiary/aromatic N) is 1. The Labute approximate surface area is 123 Å². The van der Waals surface area contributed by atoms with Crippen LogP contribution in [0.2, 0.25) is 0 Å². The van der Waals surface area contributed by atoms with Gasteiger partial charge in [0.2, 0.25) is 0 Å². The Hall–Kier alpha value is -2.04. The van der Waals surface area contributed by atoms with Gasteiger partial charge < -0.3 is 9.47 Å². The molecule has 0 atom stereocenters. The van der Waals surface area contributed by atoms with Crippen molar-refractivity contribution in [3.05, 3.63) is 66.6 Å². The van der Waals surface area contributed by atoms with Gasteiger partial charge in [0.1, 0.15) is 5.82 Å². The molecule has 0 spiro atoms. The van der Waals surface area contributed by atoms with Crippen LogP contribution in [0.15, 0.2) is 55.3 Å². The predicted octanol–water partition coefficient (Wildman–Crippen LogP) is 3.74. The molecule has 3 rings (SSSR count). The molecule has 2 aromatic rings. The number of benzene rings is 1. The van der Waals surface area contributed by atoms with Crippen LogP contribution in [0.3, 0.4) is 0 Å². The molecule has 0 aliphatic carbocycles. The summed E-state index contributed by atoms with van der Waals surface area (Å²) in [7, 11) is 0. The molecule has 4 heteroatoms. The summed E-state index contributed by atoms with van der Waals surface area (Å²) in [6.45, 7) is 4.94. The Morgan fingerprint density at radius 2 is 1.81 bits per heavy atom. The second-order valence-electron chi connectivity index (χ2n) is 4.98. The van der Waals surface area contributed by atoms with Crippen molar-refractivity contribution in [2.45, 2.75) is 6.29 Å². The normalized spacial score (nSPS) is 22.0. The van der Waals surface area contributed by atoms with Gasteiger partial charge in [-0.05, 0) is 30.3 Å². The summed E-state index contributed by atoms with van der Waals surface area (Å²) < 4.78 is 24.2. The lowest BCUT2D eigenvalue weighted by Crippen LogP contribution is -2.25. The van der Waals surface area contributed by atoms with E-state index in [2.05, 4.69) is 11.6 Å². The highest BCUT2D eigenvalue weighted by Gasteiger charge is 2.21. The summed E-state index contributed by atoms with van der Waals surface area (Å²) in [5, 5.41) is 0. The van der Waals surface area contributed by atoms with Gasteiger partial charge in [0, 0.05) is 23.2 Å². The predicted molar refractivity (Wildman–Crippen MR) is 78.0 cm³/mol. The fraction of sp³-hybridized carbons (Fsp3) is 0.235. The molecule has 108 valence electrons. The van der Waals surface area contributed by atoms with Crippen LogP contribution in [-0.4, -0.2) is 18.2 Å². The SMILES string of the molecule is C=CC1COC(c2ccc(-c3ccc(F)cc3)nc2)OC1. The number of pyridine rings is 1. The molecule has 3 nitrogen and oxygen atoms in total. The van der Waals surface area contributed by atoms with E-state index < -0.39 is 0 Å². The largest absolute Gasteiger partial charge is 0.348 e. The van der Waals surface area contributed by atoms with Crippen molar-refractivity contribution in [1.82, 2.24) is 4.98 Å². The van der Waals surface area contributed by atoms with Crippen LogP contribution in [0, 0.1) is 11.7 Å². The molecular weight excluding hydrogens is 269 g/mol. The quantitative estimate of drug-likeness (QED) is 0.805. The van der Waals surface area contributed by atoms with Gasteiger partial charge >= 0.3 is 0 Å². The van der Waals surface area contributed by atoms with E-state index in [-0.39, 0.29) is 18.0 Å². The maximum absolute atomic E-state index is 12.9. The second-order valence-corrected chi connectivity index (χ2v) is 4.98. The van der Waals surface area contributed by atoms with E-state index in [0.717, 1.165) is 16.8 Å². The standard InChI is InChI=1S/C17H16FNO2/c1-2-12-10-20-17(21-11-12)14-5-8-16(19-9-14)13-3-6-15(18)7-4-13/h2-9,12,17H,1,10-11H2. The van der Waals surface area contributed by atoms with E-state index in [1.807, 2.05) is 18.2 Å². The van der Waals surface area contributed by atoms with Gasteiger partial charge in [0.15, 0.2) is 6.29 Å². The number of ether oxygens (including phenoxy) is 2.